The van der Waals surface area contributed by atoms with Crippen LogP contribution in [0.2, 0.25) is 0 Å². The second-order valence-corrected chi connectivity index (χ2v) is 5.87. The molecule has 25 heavy (non-hydrogen) atoms. The first-order chi connectivity index (χ1) is 12.0. The van der Waals surface area contributed by atoms with Crippen molar-refractivity contribution in [3.8, 4) is 0 Å². The van der Waals surface area contributed by atoms with E-state index in [1.807, 2.05) is 0 Å². The van der Waals surface area contributed by atoms with Gasteiger partial charge in [0, 0.05) is 25.3 Å². The second-order valence-electron chi connectivity index (χ2n) is 5.87. The van der Waals surface area contributed by atoms with E-state index in [0.29, 0.717) is 18.8 Å². The third-order valence-corrected chi connectivity index (χ3v) is 4.25. The van der Waals surface area contributed by atoms with Gasteiger partial charge in [-0.1, -0.05) is 0 Å². The number of halogens is 1. The average Bonchev–Trinajstić information content (AvgIpc) is 3.01. The van der Waals surface area contributed by atoms with Crippen molar-refractivity contribution in [3.63, 3.8) is 0 Å². The smallest absolute Gasteiger partial charge is 0.321 e. The van der Waals surface area contributed by atoms with Crippen LogP contribution in [0.15, 0.2) is 18.2 Å². The molecule has 0 aliphatic carbocycles. The minimum absolute atomic E-state index is 0.0912. The summed E-state index contributed by atoms with van der Waals surface area (Å²) in [4.78, 5) is 38.3. The lowest BCUT2D eigenvalue weighted by molar-refractivity contribution is -0.139. The molecule has 134 valence electrons. The molecule has 2 saturated heterocycles. The van der Waals surface area contributed by atoms with E-state index in [1.165, 1.54) is 21.9 Å². The number of carbonyl (C=O) groups is 3. The van der Waals surface area contributed by atoms with Gasteiger partial charge in [0.1, 0.15) is 5.82 Å². The van der Waals surface area contributed by atoms with Crippen LogP contribution in [-0.4, -0.2) is 66.8 Å². The third-order valence-electron chi connectivity index (χ3n) is 4.25. The molecule has 2 fully saturated rings. The molecular formula is C16H18FN3O5. The van der Waals surface area contributed by atoms with Crippen molar-refractivity contribution in [1.82, 2.24) is 10.2 Å². The monoisotopic (exact) mass is 351 g/mol. The number of carboxylic acid groups (broad SMARTS) is 1. The maximum Gasteiger partial charge on any atom is 0.321 e. The molecule has 2 aliphatic heterocycles. The lowest BCUT2D eigenvalue weighted by Crippen LogP contribution is -2.49. The molecule has 8 nitrogen and oxygen atoms in total. The Hall–Kier alpha value is -2.68. The van der Waals surface area contributed by atoms with Gasteiger partial charge in [-0.05, 0) is 18.2 Å². The quantitative estimate of drug-likeness (QED) is 0.831. The van der Waals surface area contributed by atoms with Crippen LogP contribution >= 0.6 is 0 Å². The van der Waals surface area contributed by atoms with Crippen LogP contribution in [0.5, 0.6) is 0 Å². The van der Waals surface area contributed by atoms with Crippen molar-refractivity contribution < 1.29 is 28.6 Å². The van der Waals surface area contributed by atoms with Crippen molar-refractivity contribution in [2.75, 3.05) is 37.7 Å². The number of amides is 3. The predicted molar refractivity (Wildman–Crippen MR) is 85.0 cm³/mol. The standard InChI is InChI=1S/C16H18FN3O5/c17-13-2-1-10(20-4-3-18-16(20)24)7-12(13)15(23)19-5-6-25-9-11(19)8-14(21)22/h1-2,7,11H,3-6,8-9H2,(H,18,24)(H,21,22)/t11-/m0/s1. The van der Waals surface area contributed by atoms with Crippen molar-refractivity contribution in [2.24, 2.45) is 0 Å². The van der Waals surface area contributed by atoms with Crippen molar-refractivity contribution in [1.29, 1.82) is 0 Å². The van der Waals surface area contributed by atoms with E-state index in [2.05, 4.69) is 5.32 Å². The highest BCUT2D eigenvalue weighted by molar-refractivity contribution is 5.99. The normalized spacial score (nSPS) is 20.5. The number of benzene rings is 1. The van der Waals surface area contributed by atoms with E-state index in [4.69, 9.17) is 9.84 Å². The molecule has 1 aromatic rings. The summed E-state index contributed by atoms with van der Waals surface area (Å²) in [5.74, 6) is -2.38. The molecule has 2 heterocycles. The maximum absolute atomic E-state index is 14.2. The summed E-state index contributed by atoms with van der Waals surface area (Å²) in [6.07, 6.45) is -0.276. The number of anilines is 1. The molecule has 2 N–H and O–H groups in total. The number of morpholine rings is 1. The summed E-state index contributed by atoms with van der Waals surface area (Å²) in [5, 5.41) is 11.6. The van der Waals surface area contributed by atoms with Gasteiger partial charge >= 0.3 is 12.0 Å². The predicted octanol–water partition coefficient (Wildman–Crippen LogP) is 0.671. The lowest BCUT2D eigenvalue weighted by Gasteiger charge is -2.35. The van der Waals surface area contributed by atoms with Gasteiger partial charge in [-0.3, -0.25) is 14.5 Å². The fraction of sp³-hybridized carbons (Fsp3) is 0.438. The molecule has 0 spiro atoms. The minimum atomic E-state index is -1.06. The highest BCUT2D eigenvalue weighted by Gasteiger charge is 2.32. The van der Waals surface area contributed by atoms with Crippen molar-refractivity contribution in [3.05, 3.63) is 29.6 Å². The number of hydrogen-bond acceptors (Lipinski definition) is 4. The molecule has 9 heteroatoms. The van der Waals surface area contributed by atoms with Gasteiger partial charge in [0.15, 0.2) is 0 Å². The number of urea groups is 1. The second kappa shape index (κ2) is 7.06. The Kier molecular flexibility index (Phi) is 4.84. The van der Waals surface area contributed by atoms with E-state index in [1.54, 1.807) is 0 Å². The number of carbonyl (C=O) groups excluding carboxylic acids is 2. The molecule has 1 atom stereocenters. The van der Waals surface area contributed by atoms with Gasteiger partial charge in [0.2, 0.25) is 0 Å². The highest BCUT2D eigenvalue weighted by atomic mass is 19.1. The number of nitrogens with one attached hydrogen (secondary N) is 1. The van der Waals surface area contributed by atoms with Crippen LogP contribution in [0.3, 0.4) is 0 Å². The maximum atomic E-state index is 14.2. The highest BCUT2D eigenvalue weighted by Crippen LogP contribution is 2.23. The first kappa shape index (κ1) is 17.2. The first-order valence-electron chi connectivity index (χ1n) is 7.93. The van der Waals surface area contributed by atoms with Gasteiger partial charge in [-0.25, -0.2) is 9.18 Å². The summed E-state index contributed by atoms with van der Waals surface area (Å²) in [7, 11) is 0. The molecule has 3 amide bonds. The Bertz CT molecular complexity index is 711. The van der Waals surface area contributed by atoms with E-state index in [9.17, 15) is 18.8 Å². The first-order valence-corrected chi connectivity index (χ1v) is 7.93. The zero-order valence-corrected chi connectivity index (χ0v) is 13.4. The van der Waals surface area contributed by atoms with Gasteiger partial charge in [-0.15, -0.1) is 0 Å². The summed E-state index contributed by atoms with van der Waals surface area (Å²) in [6.45, 7) is 1.44. The molecule has 3 rings (SSSR count). The van der Waals surface area contributed by atoms with Crippen LogP contribution in [0.25, 0.3) is 0 Å². The molecular weight excluding hydrogens is 333 g/mol. The van der Waals surface area contributed by atoms with E-state index in [0.717, 1.165) is 6.07 Å². The van der Waals surface area contributed by atoms with Gasteiger partial charge in [0.25, 0.3) is 5.91 Å². The lowest BCUT2D eigenvalue weighted by atomic mass is 10.1. The average molecular weight is 351 g/mol. The number of aliphatic carboxylic acids is 1. The third kappa shape index (κ3) is 3.55. The summed E-state index contributed by atoms with van der Waals surface area (Å²) < 4.78 is 19.5. The number of rotatable bonds is 4. The fourth-order valence-corrected chi connectivity index (χ4v) is 3.01. The Morgan fingerprint density at radius 3 is 2.84 bits per heavy atom. The van der Waals surface area contributed by atoms with E-state index in [-0.39, 0.29) is 37.8 Å². The Balaban J connectivity index is 1.87. The number of ether oxygens (including phenoxy) is 1. The topological polar surface area (TPSA) is 99.2 Å². The van der Waals surface area contributed by atoms with E-state index >= 15 is 0 Å². The Morgan fingerprint density at radius 2 is 2.16 bits per heavy atom. The molecule has 0 radical (unpaired) electrons. The zero-order chi connectivity index (χ0) is 18.0. The number of hydrogen-bond donors (Lipinski definition) is 2. The van der Waals surface area contributed by atoms with Crippen LogP contribution < -0.4 is 10.2 Å². The molecule has 0 bridgehead atoms. The molecule has 0 unspecified atom stereocenters. The summed E-state index contributed by atoms with van der Waals surface area (Å²) in [5.41, 5.74) is 0.234. The number of nitrogens with zero attached hydrogens (tertiary/aromatic N) is 2. The molecule has 0 saturated carbocycles. The SMILES string of the molecule is O=C(O)C[C@H]1COCCN1C(=O)c1cc(N2CCNC2=O)ccc1F. The van der Waals surface area contributed by atoms with Crippen LogP contribution in [-0.2, 0) is 9.53 Å². The Morgan fingerprint density at radius 1 is 1.36 bits per heavy atom. The van der Waals surface area contributed by atoms with E-state index < -0.39 is 23.7 Å². The van der Waals surface area contributed by atoms with Crippen molar-refractivity contribution in [2.45, 2.75) is 12.5 Å². The van der Waals surface area contributed by atoms with Gasteiger partial charge in [0.05, 0.1) is 31.2 Å². The summed E-state index contributed by atoms with van der Waals surface area (Å²) >= 11 is 0. The Labute approximate surface area is 143 Å². The van der Waals surface area contributed by atoms with Gasteiger partial charge < -0.3 is 20.1 Å². The molecule has 0 aromatic heterocycles. The molecule has 2 aliphatic rings. The minimum Gasteiger partial charge on any atom is -0.481 e. The summed E-state index contributed by atoms with van der Waals surface area (Å²) in [6, 6.07) is 2.94. The number of carboxylic acids is 1. The van der Waals surface area contributed by atoms with Gasteiger partial charge in [-0.2, -0.15) is 0 Å². The molecule has 1 aromatic carbocycles. The van der Waals surface area contributed by atoms with Crippen LogP contribution in [0.1, 0.15) is 16.8 Å². The zero-order valence-electron chi connectivity index (χ0n) is 13.4. The van der Waals surface area contributed by atoms with Crippen LogP contribution in [0.4, 0.5) is 14.9 Å². The van der Waals surface area contributed by atoms with Crippen molar-refractivity contribution >= 4 is 23.6 Å². The fourth-order valence-electron chi connectivity index (χ4n) is 3.01. The van der Waals surface area contributed by atoms with Crippen LogP contribution in [0, 0.1) is 5.82 Å². The largest absolute Gasteiger partial charge is 0.481 e.